The van der Waals surface area contributed by atoms with Crippen molar-refractivity contribution in [1.29, 1.82) is 0 Å². The van der Waals surface area contributed by atoms with Crippen molar-refractivity contribution < 1.29 is 0 Å². The Kier molecular flexibility index (Phi) is 3.02. The molecule has 0 aliphatic heterocycles. The van der Waals surface area contributed by atoms with Gasteiger partial charge in [-0.25, -0.2) is 0 Å². The first-order valence-electron chi connectivity index (χ1n) is 2.62. The van der Waals surface area contributed by atoms with Crippen molar-refractivity contribution in [2.75, 3.05) is 5.33 Å². The van der Waals surface area contributed by atoms with Gasteiger partial charge in [0.25, 0.3) is 0 Å². The van der Waals surface area contributed by atoms with Crippen molar-refractivity contribution in [3.8, 4) is 0 Å². The third-order valence-corrected chi connectivity index (χ3v) is 2.70. The number of aryl methyl sites for hydroxylation is 1. The Labute approximate surface area is 72.0 Å². The number of hydrogen-bond donors (Lipinski definition) is 0. The van der Waals surface area contributed by atoms with Gasteiger partial charge in [0.15, 0.2) is 0 Å². The van der Waals surface area contributed by atoms with E-state index >= 15 is 0 Å². The summed E-state index contributed by atoms with van der Waals surface area (Å²) in [6.45, 7) is 0. The van der Waals surface area contributed by atoms with Crippen molar-refractivity contribution in [2.24, 2.45) is 0 Å². The summed E-state index contributed by atoms with van der Waals surface area (Å²) in [6, 6.07) is 2.01. The molecule has 0 aliphatic carbocycles. The van der Waals surface area contributed by atoms with Gasteiger partial charge in [0.05, 0.1) is 5.02 Å². The number of hydrogen-bond acceptors (Lipinski definition) is 1. The molecular weight excluding hydrogens is 219 g/mol. The first-order chi connectivity index (χ1) is 4.33. The molecule has 1 aromatic rings. The normalized spacial score (nSPS) is 10.0. The summed E-state index contributed by atoms with van der Waals surface area (Å²) >= 11 is 10.8. The maximum atomic E-state index is 5.69. The number of halogens is 2. The molecule has 0 nitrogen and oxygen atoms in total. The SMILES string of the molecule is Clc1csc(CCBr)c1. The molecule has 0 bridgehead atoms. The van der Waals surface area contributed by atoms with Crippen molar-refractivity contribution >= 4 is 38.9 Å². The molecule has 0 aliphatic rings. The molecule has 0 atom stereocenters. The van der Waals surface area contributed by atoms with E-state index < -0.39 is 0 Å². The molecule has 0 fully saturated rings. The second kappa shape index (κ2) is 3.59. The smallest absolute Gasteiger partial charge is 0.0515 e. The molecule has 0 unspecified atom stereocenters. The van der Waals surface area contributed by atoms with Crippen LogP contribution in [0.25, 0.3) is 0 Å². The average Bonchev–Trinajstić information content (AvgIpc) is 2.17. The quantitative estimate of drug-likeness (QED) is 0.677. The van der Waals surface area contributed by atoms with Crippen LogP contribution in [-0.2, 0) is 6.42 Å². The minimum atomic E-state index is 0.857. The molecule has 0 saturated carbocycles. The van der Waals surface area contributed by atoms with Gasteiger partial charge in [0, 0.05) is 15.6 Å². The fourth-order valence-corrected chi connectivity index (χ4v) is 2.34. The van der Waals surface area contributed by atoms with E-state index in [1.807, 2.05) is 11.4 Å². The van der Waals surface area contributed by atoms with Crippen molar-refractivity contribution in [3.05, 3.63) is 21.3 Å². The molecule has 0 radical (unpaired) electrons. The van der Waals surface area contributed by atoms with Gasteiger partial charge in [-0.1, -0.05) is 27.5 Å². The van der Waals surface area contributed by atoms with Gasteiger partial charge in [0.1, 0.15) is 0 Å². The highest BCUT2D eigenvalue weighted by atomic mass is 79.9. The fraction of sp³-hybridized carbons (Fsp3) is 0.333. The van der Waals surface area contributed by atoms with Crippen LogP contribution >= 0.6 is 38.9 Å². The highest BCUT2D eigenvalue weighted by molar-refractivity contribution is 9.09. The fourth-order valence-electron chi connectivity index (χ4n) is 0.578. The standard InChI is InChI=1S/C6H6BrClS/c7-2-1-6-3-5(8)4-9-6/h3-4H,1-2H2. The van der Waals surface area contributed by atoms with E-state index in [1.54, 1.807) is 11.3 Å². The molecular formula is C6H6BrClS. The van der Waals surface area contributed by atoms with E-state index in [0.29, 0.717) is 0 Å². The lowest BCUT2D eigenvalue weighted by Gasteiger charge is -1.84. The predicted molar refractivity (Wildman–Crippen MR) is 46.8 cm³/mol. The summed E-state index contributed by atoms with van der Waals surface area (Å²) in [7, 11) is 0. The topological polar surface area (TPSA) is 0 Å². The van der Waals surface area contributed by atoms with Crippen molar-refractivity contribution in [2.45, 2.75) is 6.42 Å². The molecule has 1 aromatic heterocycles. The molecule has 0 spiro atoms. The van der Waals surface area contributed by atoms with Crippen LogP contribution in [0.5, 0.6) is 0 Å². The van der Waals surface area contributed by atoms with Gasteiger partial charge in [-0.15, -0.1) is 11.3 Å². The van der Waals surface area contributed by atoms with Crippen molar-refractivity contribution in [1.82, 2.24) is 0 Å². The first kappa shape index (κ1) is 7.58. The van der Waals surface area contributed by atoms with E-state index in [4.69, 9.17) is 11.6 Å². The summed E-state index contributed by atoms with van der Waals surface area (Å²) < 4.78 is 0. The summed E-state index contributed by atoms with van der Waals surface area (Å²) in [5.41, 5.74) is 0. The van der Waals surface area contributed by atoms with E-state index in [2.05, 4.69) is 15.9 Å². The molecule has 1 rings (SSSR count). The zero-order valence-electron chi connectivity index (χ0n) is 4.73. The first-order valence-corrected chi connectivity index (χ1v) is 4.99. The second-order valence-electron chi connectivity index (χ2n) is 1.67. The van der Waals surface area contributed by atoms with Crippen LogP contribution in [0.1, 0.15) is 4.88 Å². The Hall–Kier alpha value is 0.470. The third-order valence-electron chi connectivity index (χ3n) is 0.963. The number of alkyl halides is 1. The molecule has 3 heteroatoms. The highest BCUT2D eigenvalue weighted by Gasteiger charge is 1.94. The molecule has 0 N–H and O–H groups in total. The van der Waals surface area contributed by atoms with Crippen LogP contribution < -0.4 is 0 Å². The Bertz CT molecular complexity index is 185. The van der Waals surface area contributed by atoms with Crippen molar-refractivity contribution in [3.63, 3.8) is 0 Å². The van der Waals surface area contributed by atoms with Crippen LogP contribution in [0.4, 0.5) is 0 Å². The average molecular weight is 226 g/mol. The predicted octanol–water partition coefficient (Wildman–Crippen LogP) is 3.34. The lowest BCUT2D eigenvalue weighted by Crippen LogP contribution is -1.76. The third kappa shape index (κ3) is 2.28. The molecule has 9 heavy (non-hydrogen) atoms. The van der Waals surface area contributed by atoms with E-state index in [-0.39, 0.29) is 0 Å². The Morgan fingerprint density at radius 1 is 1.67 bits per heavy atom. The van der Waals surface area contributed by atoms with E-state index in [0.717, 1.165) is 16.8 Å². The molecule has 1 heterocycles. The Morgan fingerprint density at radius 2 is 2.44 bits per heavy atom. The molecule has 50 valence electrons. The highest BCUT2D eigenvalue weighted by Crippen LogP contribution is 2.19. The van der Waals surface area contributed by atoms with Gasteiger partial charge < -0.3 is 0 Å². The van der Waals surface area contributed by atoms with Crippen LogP contribution in [0.3, 0.4) is 0 Å². The Balaban J connectivity index is 2.61. The largest absolute Gasteiger partial charge is 0.147 e. The number of thiophene rings is 1. The molecule has 0 aromatic carbocycles. The maximum Gasteiger partial charge on any atom is 0.0515 e. The van der Waals surface area contributed by atoms with Crippen LogP contribution in [0.2, 0.25) is 5.02 Å². The van der Waals surface area contributed by atoms with Crippen LogP contribution in [0, 0.1) is 0 Å². The zero-order chi connectivity index (χ0) is 6.69. The lowest BCUT2D eigenvalue weighted by atomic mass is 10.4. The van der Waals surface area contributed by atoms with Crippen LogP contribution in [0.15, 0.2) is 11.4 Å². The zero-order valence-corrected chi connectivity index (χ0v) is 7.89. The minimum Gasteiger partial charge on any atom is -0.147 e. The number of rotatable bonds is 2. The maximum absolute atomic E-state index is 5.69. The van der Waals surface area contributed by atoms with Gasteiger partial charge in [-0.2, -0.15) is 0 Å². The van der Waals surface area contributed by atoms with Gasteiger partial charge in [-0.05, 0) is 12.5 Å². The van der Waals surface area contributed by atoms with E-state index in [9.17, 15) is 0 Å². The van der Waals surface area contributed by atoms with E-state index in [1.165, 1.54) is 4.88 Å². The summed E-state index contributed by atoms with van der Waals surface area (Å²) in [6.07, 6.45) is 1.08. The monoisotopic (exact) mass is 224 g/mol. The van der Waals surface area contributed by atoms with Gasteiger partial charge in [0.2, 0.25) is 0 Å². The molecule has 0 amide bonds. The molecule has 0 saturated heterocycles. The summed E-state index contributed by atoms with van der Waals surface area (Å²) in [5.74, 6) is 0. The van der Waals surface area contributed by atoms with Gasteiger partial charge >= 0.3 is 0 Å². The summed E-state index contributed by atoms with van der Waals surface area (Å²) in [4.78, 5) is 1.34. The summed E-state index contributed by atoms with van der Waals surface area (Å²) in [5, 5.41) is 3.83. The van der Waals surface area contributed by atoms with Gasteiger partial charge in [-0.3, -0.25) is 0 Å². The van der Waals surface area contributed by atoms with Crippen LogP contribution in [-0.4, -0.2) is 5.33 Å². The second-order valence-corrected chi connectivity index (χ2v) is 3.90. The Morgan fingerprint density at radius 3 is 2.89 bits per heavy atom. The minimum absolute atomic E-state index is 0.857. The lowest BCUT2D eigenvalue weighted by molar-refractivity contribution is 1.22.